The Hall–Kier alpha value is -2.63. The fraction of sp³-hybridized carbons (Fsp3) is 0.450. The second kappa shape index (κ2) is 8.65. The number of nitrogens with zero attached hydrogens (tertiary/aromatic N) is 4. The maximum absolute atomic E-state index is 12.7. The van der Waals surface area contributed by atoms with Crippen molar-refractivity contribution in [3.63, 3.8) is 0 Å². The highest BCUT2D eigenvalue weighted by Crippen LogP contribution is 2.18. The molecule has 2 heterocycles. The molecule has 0 unspecified atom stereocenters. The second-order valence-corrected chi connectivity index (χ2v) is 6.71. The summed E-state index contributed by atoms with van der Waals surface area (Å²) in [4.78, 5) is 33.1. The molecule has 0 aliphatic carbocycles. The van der Waals surface area contributed by atoms with E-state index >= 15 is 0 Å². The van der Waals surface area contributed by atoms with Crippen LogP contribution in [0, 0.1) is 0 Å². The van der Waals surface area contributed by atoms with Crippen molar-refractivity contribution in [1.82, 2.24) is 19.4 Å². The van der Waals surface area contributed by atoms with Gasteiger partial charge in [0.05, 0.1) is 6.33 Å². The van der Waals surface area contributed by atoms with Crippen LogP contribution in [0.5, 0.6) is 0 Å². The predicted octanol–water partition coefficient (Wildman–Crippen LogP) is 2.31. The van der Waals surface area contributed by atoms with E-state index in [0.29, 0.717) is 39.0 Å². The van der Waals surface area contributed by atoms with Crippen LogP contribution in [0.1, 0.15) is 31.7 Å². The fourth-order valence-corrected chi connectivity index (χ4v) is 3.40. The summed E-state index contributed by atoms with van der Waals surface area (Å²) in [7, 11) is 0. The van der Waals surface area contributed by atoms with Crippen molar-refractivity contribution in [1.29, 1.82) is 0 Å². The first-order valence-electron chi connectivity index (χ1n) is 9.24. The van der Waals surface area contributed by atoms with Gasteiger partial charge in [0.25, 0.3) is 0 Å². The third-order valence-corrected chi connectivity index (χ3v) is 4.95. The third-order valence-electron chi connectivity index (χ3n) is 4.95. The van der Waals surface area contributed by atoms with Crippen LogP contribution in [0.4, 0.5) is 0 Å². The number of benzene rings is 1. The van der Waals surface area contributed by atoms with E-state index in [0.717, 1.165) is 12.0 Å². The minimum Gasteiger partial charge on any atom is -0.340 e. The van der Waals surface area contributed by atoms with Gasteiger partial charge in [-0.15, -0.1) is 0 Å². The number of rotatable bonds is 6. The molecule has 1 fully saturated rings. The molecule has 26 heavy (non-hydrogen) atoms. The number of aryl methyl sites for hydroxylation is 1. The molecule has 3 rings (SSSR count). The van der Waals surface area contributed by atoms with E-state index < -0.39 is 0 Å². The first-order valence-corrected chi connectivity index (χ1v) is 9.24. The van der Waals surface area contributed by atoms with E-state index in [4.69, 9.17) is 0 Å². The summed E-state index contributed by atoms with van der Waals surface area (Å²) in [6.45, 7) is 4.42. The zero-order chi connectivity index (χ0) is 18.4. The normalized spacial score (nSPS) is 18.0. The Balaban J connectivity index is 1.64. The molecule has 6 heteroatoms. The minimum atomic E-state index is 0.0578. The van der Waals surface area contributed by atoms with Gasteiger partial charge in [0.1, 0.15) is 0 Å². The molecule has 1 aromatic carbocycles. The van der Waals surface area contributed by atoms with Gasteiger partial charge in [0.15, 0.2) is 0 Å². The maximum Gasteiger partial charge on any atom is 0.224 e. The summed E-state index contributed by atoms with van der Waals surface area (Å²) in [5.41, 5.74) is 1.12. The number of imidazole rings is 1. The fourth-order valence-electron chi connectivity index (χ4n) is 3.40. The smallest absolute Gasteiger partial charge is 0.224 e. The molecular weight excluding hydrogens is 328 g/mol. The lowest BCUT2D eigenvalue weighted by molar-refractivity contribution is -0.133. The molecule has 0 saturated carbocycles. The van der Waals surface area contributed by atoms with Crippen LogP contribution in [0.15, 0.2) is 49.1 Å². The zero-order valence-electron chi connectivity index (χ0n) is 15.3. The Labute approximate surface area is 154 Å². The quantitative estimate of drug-likeness (QED) is 0.800. The first-order chi connectivity index (χ1) is 12.7. The van der Waals surface area contributed by atoms with Gasteiger partial charge in [0, 0.05) is 57.5 Å². The molecule has 0 spiro atoms. The van der Waals surface area contributed by atoms with Crippen molar-refractivity contribution in [3.8, 4) is 0 Å². The van der Waals surface area contributed by atoms with Gasteiger partial charge in [-0.3, -0.25) is 9.59 Å². The molecule has 1 atom stereocenters. The van der Waals surface area contributed by atoms with Crippen LogP contribution in [0.2, 0.25) is 0 Å². The third kappa shape index (κ3) is 4.50. The summed E-state index contributed by atoms with van der Waals surface area (Å²) < 4.78 is 1.90. The highest BCUT2D eigenvalue weighted by molar-refractivity contribution is 5.80. The lowest BCUT2D eigenvalue weighted by Crippen LogP contribution is -2.43. The molecule has 1 saturated heterocycles. The number of carbonyl (C=O) groups is 2. The Bertz CT molecular complexity index is 715. The standard InChI is InChI=1S/C20H26N4O2/c1-2-18-15-23(19(25)8-11-22-13-10-21-16-22)12-9-20(26)24(18)14-17-6-4-3-5-7-17/h3-7,10,13,16,18H,2,8-9,11-12,14-15H2,1H3/t18-/m1/s1. The lowest BCUT2D eigenvalue weighted by Gasteiger charge is -2.31. The van der Waals surface area contributed by atoms with Gasteiger partial charge in [-0.2, -0.15) is 0 Å². The summed E-state index contributed by atoms with van der Waals surface area (Å²) in [5, 5.41) is 0. The summed E-state index contributed by atoms with van der Waals surface area (Å²) in [6, 6.07) is 10.1. The van der Waals surface area contributed by atoms with E-state index in [2.05, 4.69) is 11.9 Å². The Morgan fingerprint density at radius 2 is 2.08 bits per heavy atom. The molecule has 0 bridgehead atoms. The van der Waals surface area contributed by atoms with E-state index in [1.165, 1.54) is 0 Å². The Kier molecular flexibility index (Phi) is 6.04. The van der Waals surface area contributed by atoms with E-state index in [1.807, 2.05) is 50.9 Å². The summed E-state index contributed by atoms with van der Waals surface area (Å²) in [6.07, 6.45) is 6.94. The van der Waals surface area contributed by atoms with Crippen molar-refractivity contribution >= 4 is 11.8 Å². The highest BCUT2D eigenvalue weighted by Gasteiger charge is 2.30. The van der Waals surface area contributed by atoms with Crippen molar-refractivity contribution in [2.75, 3.05) is 13.1 Å². The molecule has 1 aliphatic heterocycles. The minimum absolute atomic E-state index is 0.0578. The molecule has 2 aromatic rings. The largest absolute Gasteiger partial charge is 0.340 e. The van der Waals surface area contributed by atoms with Gasteiger partial charge in [0.2, 0.25) is 11.8 Å². The van der Waals surface area contributed by atoms with Gasteiger partial charge in [-0.05, 0) is 12.0 Å². The number of amides is 2. The monoisotopic (exact) mass is 354 g/mol. The van der Waals surface area contributed by atoms with Gasteiger partial charge >= 0.3 is 0 Å². The summed E-state index contributed by atoms with van der Waals surface area (Å²) >= 11 is 0. The average Bonchev–Trinajstić information content (AvgIpc) is 3.13. The highest BCUT2D eigenvalue weighted by atomic mass is 16.2. The Morgan fingerprint density at radius 3 is 2.77 bits per heavy atom. The van der Waals surface area contributed by atoms with Crippen molar-refractivity contribution in [3.05, 3.63) is 54.6 Å². The van der Waals surface area contributed by atoms with E-state index in [9.17, 15) is 9.59 Å². The molecule has 6 nitrogen and oxygen atoms in total. The molecule has 0 radical (unpaired) electrons. The molecule has 0 N–H and O–H groups in total. The average molecular weight is 354 g/mol. The van der Waals surface area contributed by atoms with Crippen molar-refractivity contribution in [2.24, 2.45) is 0 Å². The van der Waals surface area contributed by atoms with Crippen molar-refractivity contribution in [2.45, 2.75) is 45.3 Å². The molecule has 138 valence electrons. The van der Waals surface area contributed by atoms with Gasteiger partial charge < -0.3 is 14.4 Å². The Morgan fingerprint density at radius 1 is 1.27 bits per heavy atom. The molecule has 2 amide bonds. The topological polar surface area (TPSA) is 58.4 Å². The van der Waals surface area contributed by atoms with Crippen LogP contribution >= 0.6 is 0 Å². The lowest BCUT2D eigenvalue weighted by atomic mass is 10.1. The number of hydrogen-bond acceptors (Lipinski definition) is 3. The van der Waals surface area contributed by atoms with Crippen LogP contribution < -0.4 is 0 Å². The van der Waals surface area contributed by atoms with E-state index in [-0.39, 0.29) is 17.9 Å². The van der Waals surface area contributed by atoms with Crippen LogP contribution in [0.3, 0.4) is 0 Å². The molecule has 1 aliphatic rings. The zero-order valence-corrected chi connectivity index (χ0v) is 15.3. The van der Waals surface area contributed by atoms with Crippen LogP contribution in [-0.4, -0.2) is 50.3 Å². The molecular formula is C20H26N4O2. The van der Waals surface area contributed by atoms with Crippen LogP contribution in [0.25, 0.3) is 0 Å². The first kappa shape index (κ1) is 18.2. The van der Waals surface area contributed by atoms with Gasteiger partial charge in [-0.25, -0.2) is 4.98 Å². The number of carbonyl (C=O) groups excluding carboxylic acids is 2. The second-order valence-electron chi connectivity index (χ2n) is 6.71. The molecule has 1 aromatic heterocycles. The summed E-state index contributed by atoms with van der Waals surface area (Å²) in [5.74, 6) is 0.233. The van der Waals surface area contributed by atoms with Gasteiger partial charge in [-0.1, -0.05) is 37.3 Å². The van der Waals surface area contributed by atoms with Crippen LogP contribution in [-0.2, 0) is 22.7 Å². The number of hydrogen-bond donors (Lipinski definition) is 0. The SMILES string of the molecule is CC[C@@H]1CN(C(=O)CCn2ccnc2)CCC(=O)N1Cc1ccccc1. The number of aromatic nitrogens is 2. The maximum atomic E-state index is 12.7. The van der Waals surface area contributed by atoms with E-state index in [1.54, 1.807) is 12.5 Å². The van der Waals surface area contributed by atoms with Crippen molar-refractivity contribution < 1.29 is 9.59 Å². The predicted molar refractivity (Wildman–Crippen MR) is 99.1 cm³/mol.